The van der Waals surface area contributed by atoms with Gasteiger partial charge in [0.25, 0.3) is 0 Å². The van der Waals surface area contributed by atoms with E-state index in [0.717, 1.165) is 22.9 Å². The number of aliphatic hydroxyl groups excluding tert-OH is 1. The zero-order chi connectivity index (χ0) is 14.0. The molecule has 0 bridgehead atoms. The zero-order valence-electron chi connectivity index (χ0n) is 9.53. The number of halogens is 2. The summed E-state index contributed by atoms with van der Waals surface area (Å²) in [6.07, 6.45) is 0.0167. The lowest BCUT2D eigenvalue weighted by molar-refractivity contribution is -0.389. The molecule has 1 aromatic heterocycles. The van der Waals surface area contributed by atoms with Crippen molar-refractivity contribution in [2.24, 2.45) is 0 Å². The summed E-state index contributed by atoms with van der Waals surface area (Å²) in [7, 11) is 0. The molecule has 2 aromatic rings. The Kier molecular flexibility index (Phi) is 3.52. The van der Waals surface area contributed by atoms with Crippen LogP contribution in [0.25, 0.3) is 0 Å². The first-order chi connectivity index (χ1) is 8.97. The van der Waals surface area contributed by atoms with Crippen LogP contribution in [0.4, 0.5) is 14.6 Å². The number of hydrogen-bond acceptors (Lipinski definition) is 4. The molecule has 0 amide bonds. The van der Waals surface area contributed by atoms with Crippen LogP contribution in [0.5, 0.6) is 0 Å². The largest absolute Gasteiger partial charge is 0.389 e. The van der Waals surface area contributed by atoms with Gasteiger partial charge >= 0.3 is 5.82 Å². The highest BCUT2D eigenvalue weighted by Crippen LogP contribution is 2.20. The van der Waals surface area contributed by atoms with Crippen molar-refractivity contribution in [2.75, 3.05) is 0 Å². The molecule has 0 fully saturated rings. The molecule has 0 aliphatic carbocycles. The molecule has 8 heteroatoms. The van der Waals surface area contributed by atoms with Crippen LogP contribution in [0.3, 0.4) is 0 Å². The van der Waals surface area contributed by atoms with Gasteiger partial charge in [0.05, 0.1) is 23.9 Å². The molecule has 1 N–H and O–H groups in total. The zero-order valence-corrected chi connectivity index (χ0v) is 9.53. The Hall–Kier alpha value is -2.35. The standard InChI is InChI=1S/C11H9F2N3O3/c12-7-1-2-8(9(13)5-7)10(17)6-15-4-3-11(14-15)16(18)19/h1-5,10,17H,6H2. The summed E-state index contributed by atoms with van der Waals surface area (Å²) >= 11 is 0. The maximum Gasteiger partial charge on any atom is 0.389 e. The fraction of sp³-hybridized carbons (Fsp3) is 0.182. The van der Waals surface area contributed by atoms with Gasteiger partial charge in [-0.15, -0.1) is 0 Å². The van der Waals surface area contributed by atoms with E-state index < -0.39 is 22.7 Å². The first-order valence-corrected chi connectivity index (χ1v) is 5.28. The Morgan fingerprint density at radius 3 is 2.74 bits per heavy atom. The molecule has 0 saturated heterocycles. The normalized spacial score (nSPS) is 12.4. The van der Waals surface area contributed by atoms with Gasteiger partial charge in [0.2, 0.25) is 0 Å². The van der Waals surface area contributed by atoms with Gasteiger partial charge in [-0.05, 0) is 11.0 Å². The predicted molar refractivity (Wildman–Crippen MR) is 60.2 cm³/mol. The molecule has 6 nitrogen and oxygen atoms in total. The van der Waals surface area contributed by atoms with Gasteiger partial charge in [0.15, 0.2) is 0 Å². The van der Waals surface area contributed by atoms with Crippen LogP contribution in [0.2, 0.25) is 0 Å². The van der Waals surface area contributed by atoms with Crippen LogP contribution in [0.15, 0.2) is 30.5 Å². The maximum atomic E-state index is 13.4. The third-order valence-corrected chi connectivity index (χ3v) is 2.50. The summed E-state index contributed by atoms with van der Waals surface area (Å²) in [5.74, 6) is -2.00. The van der Waals surface area contributed by atoms with Gasteiger partial charge < -0.3 is 15.2 Å². The molecule has 1 atom stereocenters. The van der Waals surface area contributed by atoms with E-state index in [1.54, 1.807) is 0 Å². The molecular weight excluding hydrogens is 260 g/mol. The second-order valence-corrected chi connectivity index (χ2v) is 3.83. The minimum Gasteiger partial charge on any atom is -0.386 e. The van der Waals surface area contributed by atoms with Gasteiger partial charge in [0, 0.05) is 11.6 Å². The minimum atomic E-state index is -1.28. The van der Waals surface area contributed by atoms with Crippen molar-refractivity contribution in [3.63, 3.8) is 0 Å². The van der Waals surface area contributed by atoms with Crippen molar-refractivity contribution in [3.05, 3.63) is 57.8 Å². The minimum absolute atomic E-state index is 0.0976. The molecule has 0 aliphatic heterocycles. The van der Waals surface area contributed by atoms with E-state index in [1.807, 2.05) is 0 Å². The van der Waals surface area contributed by atoms with Crippen molar-refractivity contribution in [3.8, 4) is 0 Å². The Morgan fingerprint density at radius 2 is 2.16 bits per heavy atom. The van der Waals surface area contributed by atoms with Crippen molar-refractivity contribution in [2.45, 2.75) is 12.6 Å². The van der Waals surface area contributed by atoms with E-state index in [4.69, 9.17) is 0 Å². The molecular formula is C11H9F2N3O3. The van der Waals surface area contributed by atoms with E-state index in [2.05, 4.69) is 5.10 Å². The molecule has 0 spiro atoms. The Labute approximate surface area is 106 Å². The molecule has 0 radical (unpaired) electrons. The Balaban J connectivity index is 2.15. The second kappa shape index (κ2) is 5.11. The first kappa shape index (κ1) is 13.1. The van der Waals surface area contributed by atoms with Crippen LogP contribution in [-0.2, 0) is 6.54 Å². The molecule has 1 unspecified atom stereocenters. The molecule has 19 heavy (non-hydrogen) atoms. The number of aliphatic hydroxyl groups is 1. The van der Waals surface area contributed by atoms with Gasteiger partial charge in [0.1, 0.15) is 17.7 Å². The number of rotatable bonds is 4. The highest BCUT2D eigenvalue weighted by Gasteiger charge is 2.18. The smallest absolute Gasteiger partial charge is 0.386 e. The van der Waals surface area contributed by atoms with E-state index in [1.165, 1.54) is 6.20 Å². The summed E-state index contributed by atoms with van der Waals surface area (Å²) in [6, 6.07) is 3.96. The lowest BCUT2D eigenvalue weighted by atomic mass is 10.1. The van der Waals surface area contributed by atoms with E-state index in [0.29, 0.717) is 6.07 Å². The van der Waals surface area contributed by atoms with Crippen LogP contribution < -0.4 is 0 Å². The number of aromatic nitrogens is 2. The lowest BCUT2D eigenvalue weighted by Gasteiger charge is -2.10. The van der Waals surface area contributed by atoms with Gasteiger partial charge in [-0.25, -0.2) is 8.78 Å². The van der Waals surface area contributed by atoms with Crippen molar-refractivity contribution in [1.82, 2.24) is 9.78 Å². The third-order valence-electron chi connectivity index (χ3n) is 2.50. The first-order valence-electron chi connectivity index (χ1n) is 5.28. The predicted octanol–water partition coefficient (Wildman–Crippen LogP) is 1.80. The second-order valence-electron chi connectivity index (χ2n) is 3.83. The SMILES string of the molecule is O=[N+]([O-])c1ccn(CC(O)c2ccc(F)cc2F)n1. The average Bonchev–Trinajstić information content (AvgIpc) is 2.77. The number of hydrogen-bond donors (Lipinski definition) is 1. The highest BCUT2D eigenvalue weighted by atomic mass is 19.1. The van der Waals surface area contributed by atoms with E-state index in [-0.39, 0.29) is 17.9 Å². The van der Waals surface area contributed by atoms with Crippen LogP contribution in [-0.4, -0.2) is 19.8 Å². The van der Waals surface area contributed by atoms with Crippen molar-refractivity contribution < 1.29 is 18.8 Å². The Morgan fingerprint density at radius 1 is 1.42 bits per heavy atom. The number of benzene rings is 1. The monoisotopic (exact) mass is 269 g/mol. The molecule has 100 valence electrons. The number of nitrogens with zero attached hydrogens (tertiary/aromatic N) is 3. The van der Waals surface area contributed by atoms with Crippen LogP contribution in [0.1, 0.15) is 11.7 Å². The number of nitro groups is 1. The molecule has 1 aromatic carbocycles. The van der Waals surface area contributed by atoms with Gasteiger partial charge in [-0.2, -0.15) is 4.68 Å². The van der Waals surface area contributed by atoms with E-state index in [9.17, 15) is 24.0 Å². The summed E-state index contributed by atoms with van der Waals surface area (Å²) in [6.45, 7) is -0.170. The quantitative estimate of drug-likeness (QED) is 0.677. The topological polar surface area (TPSA) is 81.2 Å². The van der Waals surface area contributed by atoms with Gasteiger partial charge in [-0.3, -0.25) is 0 Å². The summed E-state index contributed by atoms with van der Waals surface area (Å²) in [5, 5.41) is 23.8. The highest BCUT2D eigenvalue weighted by molar-refractivity contribution is 5.21. The summed E-state index contributed by atoms with van der Waals surface area (Å²) < 4.78 is 27.2. The molecule has 0 aliphatic rings. The molecule has 0 saturated carbocycles. The summed E-state index contributed by atoms with van der Waals surface area (Å²) in [5.41, 5.74) is -0.0976. The van der Waals surface area contributed by atoms with Crippen LogP contribution in [0, 0.1) is 21.7 Å². The summed E-state index contributed by atoms with van der Waals surface area (Å²) in [4.78, 5) is 9.75. The fourth-order valence-electron chi connectivity index (χ4n) is 1.60. The lowest BCUT2D eigenvalue weighted by Crippen LogP contribution is -2.11. The Bertz CT molecular complexity index is 615. The molecule has 2 rings (SSSR count). The molecule has 1 heterocycles. The fourth-order valence-corrected chi connectivity index (χ4v) is 1.60. The van der Waals surface area contributed by atoms with E-state index >= 15 is 0 Å². The van der Waals surface area contributed by atoms with Crippen molar-refractivity contribution in [1.29, 1.82) is 0 Å². The third kappa shape index (κ3) is 2.91. The average molecular weight is 269 g/mol. The maximum absolute atomic E-state index is 13.4. The van der Waals surface area contributed by atoms with Crippen molar-refractivity contribution >= 4 is 5.82 Å². The van der Waals surface area contributed by atoms with Crippen LogP contribution >= 0.6 is 0 Å². The van der Waals surface area contributed by atoms with Gasteiger partial charge in [-0.1, -0.05) is 6.07 Å².